The van der Waals surface area contributed by atoms with Crippen LogP contribution in [0.2, 0.25) is 0 Å². The van der Waals surface area contributed by atoms with Crippen molar-refractivity contribution in [3.05, 3.63) is 59.9 Å². The van der Waals surface area contributed by atoms with Crippen LogP contribution < -0.4 is 10.1 Å². The molecule has 1 unspecified atom stereocenters. The van der Waals surface area contributed by atoms with Crippen molar-refractivity contribution in [2.45, 2.75) is 85.1 Å². The predicted octanol–water partition coefficient (Wildman–Crippen LogP) is 6.89. The molecule has 1 heterocycles. The Hall–Kier alpha value is -2.82. The number of benzene rings is 2. The number of nitrogens with one attached hydrogen (secondary N) is 1. The minimum atomic E-state index is 0.125. The molecule has 5 nitrogen and oxygen atoms in total. The number of imidazole rings is 1. The zero-order chi connectivity index (χ0) is 25.0. The van der Waals surface area contributed by atoms with Gasteiger partial charge >= 0.3 is 0 Å². The van der Waals surface area contributed by atoms with E-state index in [1.807, 2.05) is 6.07 Å². The number of fused-ring (bicyclic) bond motifs is 1. The number of hydrogen-bond acceptors (Lipinski definition) is 3. The molecule has 0 saturated carbocycles. The first kappa shape index (κ1) is 26.8. The highest BCUT2D eigenvalue weighted by molar-refractivity contribution is 5.78. The van der Waals surface area contributed by atoms with E-state index in [0.29, 0.717) is 19.1 Å². The van der Waals surface area contributed by atoms with Gasteiger partial charge in [-0.1, -0.05) is 52.0 Å². The van der Waals surface area contributed by atoms with E-state index < -0.39 is 0 Å². The van der Waals surface area contributed by atoms with Gasteiger partial charge in [0, 0.05) is 25.4 Å². The highest BCUT2D eigenvalue weighted by atomic mass is 16.5. The first-order valence-corrected chi connectivity index (χ1v) is 13.5. The third kappa shape index (κ3) is 7.58. The molecule has 0 bridgehead atoms. The van der Waals surface area contributed by atoms with Crippen molar-refractivity contribution in [1.82, 2.24) is 14.9 Å². The highest BCUT2D eigenvalue weighted by Gasteiger charge is 2.14. The number of aromatic nitrogens is 2. The minimum absolute atomic E-state index is 0.125. The van der Waals surface area contributed by atoms with E-state index in [-0.39, 0.29) is 11.8 Å². The maximum atomic E-state index is 12.2. The van der Waals surface area contributed by atoms with Crippen molar-refractivity contribution >= 4 is 16.9 Å². The molecular weight excluding hydrogens is 434 g/mol. The molecule has 1 N–H and O–H groups in total. The third-order valence-corrected chi connectivity index (χ3v) is 7.07. The quantitative estimate of drug-likeness (QED) is 0.242. The molecule has 0 spiro atoms. The van der Waals surface area contributed by atoms with Gasteiger partial charge in [-0.2, -0.15) is 0 Å². The molecule has 190 valence electrons. The number of amides is 1. The van der Waals surface area contributed by atoms with Crippen LogP contribution in [0.3, 0.4) is 0 Å². The second kappa shape index (κ2) is 13.9. The maximum absolute atomic E-state index is 12.2. The van der Waals surface area contributed by atoms with Gasteiger partial charge in [0.2, 0.25) is 5.91 Å². The molecule has 2 aromatic carbocycles. The number of aryl methyl sites for hydroxylation is 2. The average molecular weight is 478 g/mol. The lowest BCUT2D eigenvalue weighted by Gasteiger charge is -2.13. The van der Waals surface area contributed by atoms with E-state index in [2.05, 4.69) is 80.0 Å². The van der Waals surface area contributed by atoms with Crippen LogP contribution >= 0.6 is 0 Å². The predicted molar refractivity (Wildman–Crippen MR) is 145 cm³/mol. The first-order valence-electron chi connectivity index (χ1n) is 13.5. The Morgan fingerprint density at radius 2 is 1.71 bits per heavy atom. The Labute approximate surface area is 211 Å². The Balaban J connectivity index is 1.49. The molecule has 1 atom stereocenters. The fourth-order valence-electron chi connectivity index (χ4n) is 4.52. The van der Waals surface area contributed by atoms with Gasteiger partial charge in [0.1, 0.15) is 11.6 Å². The maximum Gasteiger partial charge on any atom is 0.223 e. The fraction of sp³-hybridized carbons (Fsp3) is 0.533. The van der Waals surface area contributed by atoms with E-state index >= 15 is 0 Å². The summed E-state index contributed by atoms with van der Waals surface area (Å²) < 4.78 is 8.33. The van der Waals surface area contributed by atoms with Gasteiger partial charge in [0.05, 0.1) is 17.6 Å². The van der Waals surface area contributed by atoms with Gasteiger partial charge in [-0.05, 0) is 74.3 Å². The highest BCUT2D eigenvalue weighted by Crippen LogP contribution is 2.22. The monoisotopic (exact) mass is 477 g/mol. The second-order valence-corrected chi connectivity index (χ2v) is 9.51. The van der Waals surface area contributed by atoms with Gasteiger partial charge in [0.25, 0.3) is 0 Å². The third-order valence-electron chi connectivity index (χ3n) is 7.07. The Morgan fingerprint density at radius 1 is 0.971 bits per heavy atom. The number of rotatable bonds is 15. The fourth-order valence-corrected chi connectivity index (χ4v) is 4.52. The summed E-state index contributed by atoms with van der Waals surface area (Å²) in [6.07, 6.45) is 6.71. The molecule has 0 aliphatic carbocycles. The number of ether oxygens (including phenoxy) is 1. The molecule has 0 aliphatic rings. The number of hydrogen-bond donors (Lipinski definition) is 1. The standard InChI is InChI=1S/C30H43N3O2/c1-5-23(4)25-16-18-26(19-17-25)35-22-11-10-21-33-28-14-9-8-13-27(28)32-29(33)15-12-20-31-30(34)24(6-2)7-3/h8-9,13-14,16-19,23-24H,5-7,10-12,15,20-22H2,1-4H3,(H,31,34). The molecule has 0 radical (unpaired) electrons. The van der Waals surface area contributed by atoms with Crippen LogP contribution in [0.25, 0.3) is 11.0 Å². The van der Waals surface area contributed by atoms with E-state index in [9.17, 15) is 4.79 Å². The lowest BCUT2D eigenvalue weighted by atomic mass is 9.99. The van der Waals surface area contributed by atoms with E-state index in [1.165, 1.54) is 11.1 Å². The van der Waals surface area contributed by atoms with Gasteiger partial charge in [-0.3, -0.25) is 4.79 Å². The van der Waals surface area contributed by atoms with Crippen LogP contribution in [-0.2, 0) is 17.8 Å². The summed E-state index contributed by atoms with van der Waals surface area (Å²) >= 11 is 0. The minimum Gasteiger partial charge on any atom is -0.494 e. The van der Waals surface area contributed by atoms with Crippen molar-refractivity contribution < 1.29 is 9.53 Å². The van der Waals surface area contributed by atoms with Crippen molar-refractivity contribution in [2.75, 3.05) is 13.2 Å². The molecule has 3 aromatic rings. The van der Waals surface area contributed by atoms with Gasteiger partial charge < -0.3 is 14.6 Å². The van der Waals surface area contributed by atoms with Crippen LogP contribution in [0, 0.1) is 5.92 Å². The summed E-state index contributed by atoms with van der Waals surface area (Å²) in [5.41, 5.74) is 3.60. The van der Waals surface area contributed by atoms with Crippen LogP contribution in [-0.4, -0.2) is 28.6 Å². The topological polar surface area (TPSA) is 56.2 Å². The number of nitrogens with zero attached hydrogens (tertiary/aromatic N) is 2. The largest absolute Gasteiger partial charge is 0.494 e. The van der Waals surface area contributed by atoms with E-state index in [1.54, 1.807) is 0 Å². The van der Waals surface area contributed by atoms with Crippen molar-refractivity contribution in [3.8, 4) is 5.75 Å². The van der Waals surface area contributed by atoms with Crippen LogP contribution in [0.4, 0.5) is 0 Å². The molecule has 35 heavy (non-hydrogen) atoms. The van der Waals surface area contributed by atoms with Crippen molar-refractivity contribution in [3.63, 3.8) is 0 Å². The number of para-hydroxylation sites is 2. The Kier molecular flexibility index (Phi) is 10.6. The normalized spacial score (nSPS) is 12.3. The first-order chi connectivity index (χ1) is 17.1. The van der Waals surface area contributed by atoms with Crippen molar-refractivity contribution in [2.24, 2.45) is 5.92 Å². The molecule has 1 amide bonds. The van der Waals surface area contributed by atoms with Gasteiger partial charge in [0.15, 0.2) is 0 Å². The van der Waals surface area contributed by atoms with Crippen molar-refractivity contribution in [1.29, 1.82) is 0 Å². The molecule has 3 rings (SSSR count). The number of unbranched alkanes of at least 4 members (excludes halogenated alkanes) is 1. The summed E-state index contributed by atoms with van der Waals surface area (Å²) in [6.45, 7) is 11.0. The Bertz CT molecular complexity index is 1040. The summed E-state index contributed by atoms with van der Waals surface area (Å²) in [5.74, 6) is 2.94. The molecule has 0 fully saturated rings. The number of carbonyl (C=O) groups is 1. The second-order valence-electron chi connectivity index (χ2n) is 9.51. The lowest BCUT2D eigenvalue weighted by Crippen LogP contribution is -2.31. The molecule has 0 saturated heterocycles. The van der Waals surface area contributed by atoms with Crippen LogP contribution in [0.5, 0.6) is 5.75 Å². The zero-order valence-corrected chi connectivity index (χ0v) is 22.1. The van der Waals surface area contributed by atoms with Crippen LogP contribution in [0.1, 0.15) is 83.5 Å². The average Bonchev–Trinajstić information content (AvgIpc) is 3.24. The summed E-state index contributed by atoms with van der Waals surface area (Å²) in [6, 6.07) is 16.9. The van der Waals surface area contributed by atoms with Gasteiger partial charge in [-0.15, -0.1) is 0 Å². The zero-order valence-electron chi connectivity index (χ0n) is 22.1. The smallest absolute Gasteiger partial charge is 0.223 e. The Morgan fingerprint density at radius 3 is 2.43 bits per heavy atom. The lowest BCUT2D eigenvalue weighted by molar-refractivity contribution is -0.125. The SMILES string of the molecule is CCC(CC)C(=O)NCCCc1nc2ccccc2n1CCCCOc1ccc(C(C)CC)cc1. The van der Waals surface area contributed by atoms with Crippen LogP contribution in [0.15, 0.2) is 48.5 Å². The molecule has 0 aliphatic heterocycles. The summed E-state index contributed by atoms with van der Waals surface area (Å²) in [4.78, 5) is 17.1. The molecule has 5 heteroatoms. The van der Waals surface area contributed by atoms with E-state index in [0.717, 1.165) is 68.6 Å². The summed E-state index contributed by atoms with van der Waals surface area (Å²) in [7, 11) is 0. The molecular formula is C30H43N3O2. The van der Waals surface area contributed by atoms with E-state index in [4.69, 9.17) is 9.72 Å². The number of carbonyl (C=O) groups excluding carboxylic acids is 1. The molecule has 1 aromatic heterocycles. The summed E-state index contributed by atoms with van der Waals surface area (Å²) in [5, 5.41) is 3.10. The van der Waals surface area contributed by atoms with Gasteiger partial charge in [-0.25, -0.2) is 4.98 Å².